The zero-order valence-corrected chi connectivity index (χ0v) is 12.6. The van der Waals surface area contributed by atoms with Crippen molar-refractivity contribution in [1.29, 1.82) is 0 Å². The summed E-state index contributed by atoms with van der Waals surface area (Å²) in [6.07, 6.45) is 5.81. The number of nitrogens with zero attached hydrogens (tertiary/aromatic N) is 3. The summed E-state index contributed by atoms with van der Waals surface area (Å²) in [4.78, 5) is 19.0. The average molecular weight is 304 g/mol. The predicted molar refractivity (Wildman–Crippen MR) is 85.0 cm³/mol. The zero-order chi connectivity index (χ0) is 15.8. The van der Waals surface area contributed by atoms with Crippen molar-refractivity contribution in [2.75, 3.05) is 25.1 Å². The second-order valence-electron chi connectivity index (χ2n) is 4.89. The third-order valence-corrected chi connectivity index (χ3v) is 3.21. The molecule has 0 saturated carbocycles. The Morgan fingerprint density at radius 2 is 2.14 bits per heavy atom. The molecule has 0 saturated heterocycles. The van der Waals surface area contributed by atoms with E-state index in [9.17, 15) is 10.1 Å². The number of unbranched alkanes of at least 4 members (excludes halogenated alkanes) is 1. The molecule has 0 aliphatic carbocycles. The Bertz CT molecular complexity index is 633. The largest absolute Gasteiger partial charge is 0.381 e. The summed E-state index contributed by atoms with van der Waals surface area (Å²) in [7, 11) is 0. The molecule has 0 aromatic carbocycles. The molecule has 1 N–H and O–H groups in total. The molecule has 118 valence electrons. The van der Waals surface area contributed by atoms with Gasteiger partial charge >= 0.3 is 5.69 Å². The topological polar surface area (TPSA) is 90.2 Å². The highest BCUT2D eigenvalue weighted by Gasteiger charge is 2.18. The summed E-state index contributed by atoms with van der Waals surface area (Å²) in [5, 5.41) is 14.2. The van der Waals surface area contributed by atoms with Crippen LogP contribution in [0.5, 0.6) is 0 Å². The van der Waals surface area contributed by atoms with Gasteiger partial charge in [-0.1, -0.05) is 13.3 Å². The Hall–Kier alpha value is -2.28. The molecule has 2 aromatic rings. The van der Waals surface area contributed by atoms with Crippen LogP contribution in [0.4, 0.5) is 11.4 Å². The summed E-state index contributed by atoms with van der Waals surface area (Å²) >= 11 is 0. The van der Waals surface area contributed by atoms with E-state index in [2.05, 4.69) is 22.2 Å². The van der Waals surface area contributed by atoms with Gasteiger partial charge in [0.1, 0.15) is 17.4 Å². The molecule has 0 radical (unpaired) electrons. The van der Waals surface area contributed by atoms with Gasteiger partial charge in [-0.15, -0.1) is 0 Å². The number of rotatable bonds is 9. The van der Waals surface area contributed by atoms with E-state index in [1.54, 1.807) is 18.3 Å². The van der Waals surface area contributed by atoms with E-state index in [4.69, 9.17) is 4.74 Å². The molecule has 0 atom stereocenters. The number of hydrogen-bond donors (Lipinski definition) is 1. The van der Waals surface area contributed by atoms with Crippen molar-refractivity contribution in [3.05, 3.63) is 34.6 Å². The number of anilines is 1. The van der Waals surface area contributed by atoms with Gasteiger partial charge in [-0.25, -0.2) is 4.98 Å². The Morgan fingerprint density at radius 3 is 2.91 bits per heavy atom. The third-order valence-electron chi connectivity index (χ3n) is 3.21. The van der Waals surface area contributed by atoms with E-state index in [-0.39, 0.29) is 5.69 Å². The Balaban J connectivity index is 2.02. The van der Waals surface area contributed by atoms with Crippen molar-refractivity contribution in [3.8, 4) is 0 Å². The van der Waals surface area contributed by atoms with Gasteiger partial charge in [0.05, 0.1) is 10.4 Å². The summed E-state index contributed by atoms with van der Waals surface area (Å²) in [5.74, 6) is 0. The van der Waals surface area contributed by atoms with Crippen LogP contribution in [0.3, 0.4) is 0 Å². The summed E-state index contributed by atoms with van der Waals surface area (Å²) < 4.78 is 5.48. The van der Waals surface area contributed by atoms with E-state index < -0.39 is 4.92 Å². The lowest BCUT2D eigenvalue weighted by atomic mass is 10.2. The van der Waals surface area contributed by atoms with Gasteiger partial charge in [-0.05, 0) is 25.0 Å². The van der Waals surface area contributed by atoms with Gasteiger partial charge < -0.3 is 10.1 Å². The maximum Gasteiger partial charge on any atom is 0.312 e. The molecule has 0 unspecified atom stereocenters. The number of ether oxygens (including phenoxy) is 1. The molecular weight excluding hydrogens is 284 g/mol. The summed E-state index contributed by atoms with van der Waals surface area (Å²) in [6.45, 7) is 4.10. The van der Waals surface area contributed by atoms with Crippen LogP contribution >= 0.6 is 0 Å². The highest BCUT2D eigenvalue weighted by Crippen LogP contribution is 2.29. The van der Waals surface area contributed by atoms with E-state index in [0.717, 1.165) is 25.9 Å². The van der Waals surface area contributed by atoms with Gasteiger partial charge in [0.15, 0.2) is 0 Å². The lowest BCUT2D eigenvalue weighted by Gasteiger charge is -2.09. The minimum absolute atomic E-state index is 0.0573. The summed E-state index contributed by atoms with van der Waals surface area (Å²) in [5.41, 5.74) is 1.51. The van der Waals surface area contributed by atoms with Crippen LogP contribution in [0, 0.1) is 10.1 Å². The monoisotopic (exact) mass is 304 g/mol. The predicted octanol–water partition coefficient (Wildman–Crippen LogP) is 3.16. The molecule has 0 aliphatic rings. The van der Waals surface area contributed by atoms with Crippen molar-refractivity contribution in [2.24, 2.45) is 0 Å². The van der Waals surface area contributed by atoms with Crippen LogP contribution in [0.1, 0.15) is 26.2 Å². The van der Waals surface area contributed by atoms with Crippen LogP contribution in [-0.2, 0) is 4.74 Å². The quantitative estimate of drug-likeness (QED) is 0.435. The number of fused-ring (bicyclic) bond motifs is 1. The maximum absolute atomic E-state index is 11.1. The molecule has 7 nitrogen and oxygen atoms in total. The standard InChI is InChI=1S/C15H20N4O3/c1-2-3-9-22-10-5-8-17-15-13(19(20)21)11-18-12-6-4-7-16-14(12)15/h4,6-7,11H,2-3,5,8-10H2,1H3,(H,17,18). The number of pyridine rings is 2. The minimum atomic E-state index is -0.443. The number of nitrogens with one attached hydrogen (secondary N) is 1. The number of hydrogen-bond acceptors (Lipinski definition) is 6. The smallest absolute Gasteiger partial charge is 0.312 e. The lowest BCUT2D eigenvalue weighted by molar-refractivity contribution is -0.384. The molecule has 7 heteroatoms. The van der Waals surface area contributed by atoms with Crippen molar-refractivity contribution < 1.29 is 9.66 Å². The molecule has 22 heavy (non-hydrogen) atoms. The molecule has 2 rings (SSSR count). The first-order valence-corrected chi connectivity index (χ1v) is 7.43. The highest BCUT2D eigenvalue weighted by molar-refractivity contribution is 5.92. The Kier molecular flexibility index (Phi) is 6.02. The molecule has 0 aliphatic heterocycles. The van der Waals surface area contributed by atoms with Gasteiger partial charge in [0.2, 0.25) is 0 Å². The van der Waals surface area contributed by atoms with E-state index in [1.165, 1.54) is 6.20 Å². The first-order chi connectivity index (χ1) is 10.7. The molecule has 0 fully saturated rings. The van der Waals surface area contributed by atoms with Gasteiger partial charge in [0, 0.05) is 26.0 Å². The average Bonchev–Trinajstić information content (AvgIpc) is 2.53. The van der Waals surface area contributed by atoms with Crippen LogP contribution in [0.15, 0.2) is 24.5 Å². The van der Waals surface area contributed by atoms with Crippen molar-refractivity contribution in [1.82, 2.24) is 9.97 Å². The minimum Gasteiger partial charge on any atom is -0.381 e. The first kappa shape index (κ1) is 16.1. The van der Waals surface area contributed by atoms with Crippen LogP contribution in [0.2, 0.25) is 0 Å². The van der Waals surface area contributed by atoms with Gasteiger partial charge in [0.25, 0.3) is 0 Å². The zero-order valence-electron chi connectivity index (χ0n) is 12.6. The van der Waals surface area contributed by atoms with Crippen molar-refractivity contribution in [2.45, 2.75) is 26.2 Å². The molecule has 0 bridgehead atoms. The van der Waals surface area contributed by atoms with Crippen molar-refractivity contribution >= 4 is 22.4 Å². The van der Waals surface area contributed by atoms with Gasteiger partial charge in [-0.2, -0.15) is 0 Å². The number of aromatic nitrogens is 2. The normalized spacial score (nSPS) is 10.8. The second kappa shape index (κ2) is 8.23. The molecular formula is C15H20N4O3. The fourth-order valence-corrected chi connectivity index (χ4v) is 2.06. The van der Waals surface area contributed by atoms with Gasteiger partial charge in [-0.3, -0.25) is 15.1 Å². The molecule has 2 heterocycles. The third kappa shape index (κ3) is 4.11. The first-order valence-electron chi connectivity index (χ1n) is 7.43. The summed E-state index contributed by atoms with van der Waals surface area (Å²) in [6, 6.07) is 3.54. The fourth-order valence-electron chi connectivity index (χ4n) is 2.06. The van der Waals surface area contributed by atoms with E-state index in [1.807, 2.05) is 0 Å². The van der Waals surface area contributed by atoms with Crippen LogP contribution in [-0.4, -0.2) is 34.6 Å². The molecule has 2 aromatic heterocycles. The van der Waals surface area contributed by atoms with Crippen molar-refractivity contribution in [3.63, 3.8) is 0 Å². The van der Waals surface area contributed by atoms with E-state index in [0.29, 0.717) is 29.9 Å². The second-order valence-corrected chi connectivity index (χ2v) is 4.89. The van der Waals surface area contributed by atoms with Crippen LogP contribution in [0.25, 0.3) is 11.0 Å². The highest BCUT2D eigenvalue weighted by atomic mass is 16.6. The van der Waals surface area contributed by atoms with Crippen LogP contribution < -0.4 is 5.32 Å². The van der Waals surface area contributed by atoms with E-state index >= 15 is 0 Å². The molecule has 0 spiro atoms. The SMILES string of the molecule is CCCCOCCCNc1c([N+](=O)[O-])cnc2cccnc12. The maximum atomic E-state index is 11.1. The molecule has 0 amide bonds. The number of nitro groups is 1. The lowest BCUT2D eigenvalue weighted by Crippen LogP contribution is -2.09. The fraction of sp³-hybridized carbons (Fsp3) is 0.467. The Morgan fingerprint density at radius 1 is 1.32 bits per heavy atom. The Labute approximate surface area is 128 Å².